The monoisotopic (exact) mass is 284 g/mol. The Morgan fingerprint density at radius 3 is 2.50 bits per heavy atom. The van der Waals surface area contributed by atoms with E-state index in [4.69, 9.17) is 9.47 Å². The van der Waals surface area contributed by atoms with Gasteiger partial charge in [0.1, 0.15) is 12.4 Å². The Hall–Kier alpha value is -1.03. The fourth-order valence-electron chi connectivity index (χ4n) is 1.58. The van der Waals surface area contributed by atoms with Gasteiger partial charge >= 0.3 is 5.97 Å². The fraction of sp³-hybridized carbons (Fsp3) is 0.417. The van der Waals surface area contributed by atoms with Gasteiger partial charge in [0.2, 0.25) is 6.10 Å². The van der Waals surface area contributed by atoms with Crippen LogP contribution in [0.1, 0.15) is 13.8 Å². The highest BCUT2D eigenvalue weighted by molar-refractivity contribution is 9.10. The second-order valence-corrected chi connectivity index (χ2v) is 5.46. The molecule has 0 radical (unpaired) electrons. The molecule has 1 aliphatic heterocycles. The van der Waals surface area contributed by atoms with E-state index >= 15 is 0 Å². The van der Waals surface area contributed by atoms with Gasteiger partial charge in [-0.3, -0.25) is 0 Å². The Bertz CT molecular complexity index is 397. The number of carbonyl (C=O) groups excluding carboxylic acids is 1. The van der Waals surface area contributed by atoms with Crippen molar-refractivity contribution in [3.63, 3.8) is 0 Å². The van der Waals surface area contributed by atoms with Crippen molar-refractivity contribution < 1.29 is 14.3 Å². The van der Waals surface area contributed by atoms with Gasteiger partial charge in [0.25, 0.3) is 0 Å². The van der Waals surface area contributed by atoms with Crippen LogP contribution in [0.2, 0.25) is 0 Å². The highest BCUT2D eigenvalue weighted by Crippen LogP contribution is 2.32. The van der Waals surface area contributed by atoms with Crippen molar-refractivity contribution in [1.29, 1.82) is 0 Å². The lowest BCUT2D eigenvalue weighted by Crippen LogP contribution is -2.35. The van der Waals surface area contributed by atoms with Crippen molar-refractivity contribution in [3.05, 3.63) is 28.7 Å². The van der Waals surface area contributed by atoms with Crippen LogP contribution in [0.4, 0.5) is 0 Å². The van der Waals surface area contributed by atoms with E-state index in [-0.39, 0.29) is 11.4 Å². The standard InChI is InChI=1S/C12H13BrO3/c1-12(2)7-15-11(14)10(12)16-9-5-3-8(13)4-6-9/h3-6,10H,7H2,1-2H3. The number of esters is 1. The molecule has 1 heterocycles. The molecule has 4 heteroatoms. The van der Waals surface area contributed by atoms with Crippen LogP contribution in [0.5, 0.6) is 5.75 Å². The molecule has 0 aromatic heterocycles. The lowest BCUT2D eigenvalue weighted by Gasteiger charge is -2.22. The predicted octanol–water partition coefficient (Wildman–Crippen LogP) is 2.78. The number of ether oxygens (including phenoxy) is 2. The average molecular weight is 285 g/mol. The maximum absolute atomic E-state index is 11.5. The first kappa shape index (κ1) is 11.5. The highest BCUT2D eigenvalue weighted by Gasteiger charge is 2.45. The number of cyclic esters (lactones) is 1. The molecule has 0 N–H and O–H groups in total. The van der Waals surface area contributed by atoms with Crippen LogP contribution < -0.4 is 4.74 Å². The average Bonchev–Trinajstić information content (AvgIpc) is 2.48. The summed E-state index contributed by atoms with van der Waals surface area (Å²) in [6.07, 6.45) is -0.520. The first-order chi connectivity index (χ1) is 7.49. The minimum absolute atomic E-state index is 0.274. The minimum Gasteiger partial charge on any atom is -0.478 e. The van der Waals surface area contributed by atoms with Gasteiger partial charge in [0, 0.05) is 9.89 Å². The van der Waals surface area contributed by atoms with Crippen LogP contribution in [0.3, 0.4) is 0 Å². The van der Waals surface area contributed by atoms with Crippen molar-refractivity contribution >= 4 is 21.9 Å². The second-order valence-electron chi connectivity index (χ2n) is 4.55. The number of benzene rings is 1. The molecule has 0 saturated carbocycles. The van der Waals surface area contributed by atoms with E-state index in [0.29, 0.717) is 12.4 Å². The maximum Gasteiger partial charge on any atom is 0.348 e. The van der Waals surface area contributed by atoms with E-state index in [0.717, 1.165) is 4.47 Å². The smallest absolute Gasteiger partial charge is 0.348 e. The lowest BCUT2D eigenvalue weighted by atomic mass is 9.90. The van der Waals surface area contributed by atoms with E-state index in [1.807, 2.05) is 38.1 Å². The Kier molecular flexibility index (Phi) is 2.93. The number of carbonyl (C=O) groups is 1. The van der Waals surface area contributed by atoms with Crippen molar-refractivity contribution in [2.45, 2.75) is 20.0 Å². The van der Waals surface area contributed by atoms with E-state index in [1.54, 1.807) is 0 Å². The third kappa shape index (κ3) is 2.21. The minimum atomic E-state index is -0.520. The Morgan fingerprint density at radius 1 is 1.38 bits per heavy atom. The lowest BCUT2D eigenvalue weighted by molar-refractivity contribution is -0.143. The molecule has 16 heavy (non-hydrogen) atoms. The molecule has 1 aliphatic rings. The van der Waals surface area contributed by atoms with Crippen LogP contribution in [-0.4, -0.2) is 18.7 Å². The van der Waals surface area contributed by atoms with Crippen molar-refractivity contribution in [1.82, 2.24) is 0 Å². The maximum atomic E-state index is 11.5. The van der Waals surface area contributed by atoms with E-state index in [1.165, 1.54) is 0 Å². The molecule has 1 fully saturated rings. The molecular weight excluding hydrogens is 272 g/mol. The quantitative estimate of drug-likeness (QED) is 0.784. The summed E-state index contributed by atoms with van der Waals surface area (Å²) in [6.45, 7) is 4.33. The van der Waals surface area contributed by atoms with Crippen LogP contribution in [0.15, 0.2) is 28.7 Å². The first-order valence-electron chi connectivity index (χ1n) is 5.08. The normalized spacial score (nSPS) is 22.9. The summed E-state index contributed by atoms with van der Waals surface area (Å²) in [5.41, 5.74) is -0.274. The van der Waals surface area contributed by atoms with Crippen LogP contribution in [0.25, 0.3) is 0 Å². The summed E-state index contributed by atoms with van der Waals surface area (Å²) >= 11 is 3.35. The van der Waals surface area contributed by atoms with Crippen molar-refractivity contribution in [3.8, 4) is 5.75 Å². The molecule has 0 bridgehead atoms. The summed E-state index contributed by atoms with van der Waals surface area (Å²) in [4.78, 5) is 11.5. The van der Waals surface area contributed by atoms with Crippen LogP contribution in [-0.2, 0) is 9.53 Å². The second kappa shape index (κ2) is 4.09. The fourth-order valence-corrected chi connectivity index (χ4v) is 1.85. The molecule has 3 nitrogen and oxygen atoms in total. The molecule has 1 atom stereocenters. The molecular formula is C12H13BrO3. The molecule has 1 aromatic rings. The van der Waals surface area contributed by atoms with Gasteiger partial charge < -0.3 is 9.47 Å². The summed E-state index contributed by atoms with van der Waals surface area (Å²) < 4.78 is 11.6. The Labute approximate surface area is 103 Å². The van der Waals surface area contributed by atoms with Crippen LogP contribution in [0, 0.1) is 5.41 Å². The summed E-state index contributed by atoms with van der Waals surface area (Å²) in [7, 11) is 0. The molecule has 0 amide bonds. The topological polar surface area (TPSA) is 35.5 Å². The Balaban J connectivity index is 2.15. The van der Waals surface area contributed by atoms with Crippen LogP contribution >= 0.6 is 15.9 Å². The van der Waals surface area contributed by atoms with Gasteiger partial charge in [0.15, 0.2) is 0 Å². The van der Waals surface area contributed by atoms with Gasteiger partial charge in [-0.1, -0.05) is 29.8 Å². The first-order valence-corrected chi connectivity index (χ1v) is 5.87. The van der Waals surface area contributed by atoms with Crippen molar-refractivity contribution in [2.24, 2.45) is 5.41 Å². The summed E-state index contributed by atoms with van der Waals surface area (Å²) in [5.74, 6) is 0.396. The molecule has 0 spiro atoms. The molecule has 0 aliphatic carbocycles. The SMILES string of the molecule is CC1(C)COC(=O)C1Oc1ccc(Br)cc1. The van der Waals surface area contributed by atoms with E-state index < -0.39 is 6.10 Å². The van der Waals surface area contributed by atoms with Gasteiger partial charge in [-0.05, 0) is 24.3 Å². The number of hydrogen-bond donors (Lipinski definition) is 0. The van der Waals surface area contributed by atoms with Gasteiger partial charge in [-0.25, -0.2) is 4.79 Å². The zero-order valence-corrected chi connectivity index (χ0v) is 10.8. The van der Waals surface area contributed by atoms with Gasteiger partial charge in [-0.15, -0.1) is 0 Å². The third-order valence-electron chi connectivity index (χ3n) is 2.58. The summed E-state index contributed by atoms with van der Waals surface area (Å²) in [5, 5.41) is 0. The molecule has 1 saturated heterocycles. The zero-order valence-electron chi connectivity index (χ0n) is 9.20. The predicted molar refractivity (Wildman–Crippen MR) is 63.3 cm³/mol. The molecule has 86 valence electrons. The third-order valence-corrected chi connectivity index (χ3v) is 3.11. The van der Waals surface area contributed by atoms with Gasteiger partial charge in [-0.2, -0.15) is 0 Å². The molecule has 1 aromatic carbocycles. The number of hydrogen-bond acceptors (Lipinski definition) is 3. The summed E-state index contributed by atoms with van der Waals surface area (Å²) in [6, 6.07) is 7.41. The Morgan fingerprint density at radius 2 is 2.00 bits per heavy atom. The number of rotatable bonds is 2. The van der Waals surface area contributed by atoms with Crippen molar-refractivity contribution in [2.75, 3.05) is 6.61 Å². The molecule has 1 unspecified atom stereocenters. The zero-order chi connectivity index (χ0) is 11.8. The molecule has 2 rings (SSSR count). The number of halogens is 1. The van der Waals surface area contributed by atoms with Gasteiger partial charge in [0.05, 0.1) is 0 Å². The van der Waals surface area contributed by atoms with E-state index in [2.05, 4.69) is 15.9 Å². The largest absolute Gasteiger partial charge is 0.478 e. The van der Waals surface area contributed by atoms with E-state index in [9.17, 15) is 4.79 Å². The highest BCUT2D eigenvalue weighted by atomic mass is 79.9.